The van der Waals surface area contributed by atoms with E-state index in [0.717, 1.165) is 57.8 Å². The number of aryl methyl sites for hydroxylation is 2. The van der Waals surface area contributed by atoms with Crippen molar-refractivity contribution in [1.29, 1.82) is 0 Å². The van der Waals surface area contributed by atoms with E-state index < -0.39 is 21.9 Å². The molecule has 1 aliphatic rings. The molecule has 1 heterocycles. The number of thiophene rings is 1. The molecule has 0 aliphatic heterocycles. The molecule has 0 spiro atoms. The smallest absolute Gasteiger partial charge is 0.341 e. The number of nitrogens with one attached hydrogen (secondary N) is 1. The zero-order chi connectivity index (χ0) is 22.1. The number of anilines is 2. The van der Waals surface area contributed by atoms with E-state index in [1.807, 2.05) is 19.9 Å². The first-order valence-electron chi connectivity index (χ1n) is 9.70. The van der Waals surface area contributed by atoms with Gasteiger partial charge in [0.2, 0.25) is 15.9 Å². The normalized spacial score (nSPS) is 13.5. The summed E-state index contributed by atoms with van der Waals surface area (Å²) in [5, 5.41) is 3.19. The van der Waals surface area contributed by atoms with Crippen molar-refractivity contribution in [2.45, 2.75) is 39.5 Å². The molecule has 0 unspecified atom stereocenters. The zero-order valence-electron chi connectivity index (χ0n) is 17.6. The van der Waals surface area contributed by atoms with E-state index in [-0.39, 0.29) is 6.54 Å². The Kier molecular flexibility index (Phi) is 6.52. The summed E-state index contributed by atoms with van der Waals surface area (Å²) in [5.74, 6) is -0.996. The maximum Gasteiger partial charge on any atom is 0.341 e. The molecule has 162 valence electrons. The molecule has 0 fully saturated rings. The number of ether oxygens (including phenoxy) is 1. The molecule has 30 heavy (non-hydrogen) atoms. The predicted octanol–water partition coefficient (Wildman–Crippen LogP) is 3.44. The number of hydrogen-bond acceptors (Lipinski definition) is 6. The lowest BCUT2D eigenvalue weighted by atomic mass is 9.95. The van der Waals surface area contributed by atoms with Gasteiger partial charge in [-0.05, 0) is 62.3 Å². The van der Waals surface area contributed by atoms with E-state index in [4.69, 9.17) is 4.74 Å². The molecule has 2 aromatic rings. The van der Waals surface area contributed by atoms with E-state index in [1.54, 1.807) is 12.1 Å². The van der Waals surface area contributed by atoms with E-state index in [1.165, 1.54) is 18.4 Å². The van der Waals surface area contributed by atoms with Gasteiger partial charge in [-0.25, -0.2) is 13.2 Å². The second-order valence-electron chi connectivity index (χ2n) is 7.44. The van der Waals surface area contributed by atoms with Crippen molar-refractivity contribution < 1.29 is 22.7 Å². The Bertz CT molecular complexity index is 1090. The fourth-order valence-corrected chi connectivity index (χ4v) is 5.86. The van der Waals surface area contributed by atoms with Crippen LogP contribution >= 0.6 is 11.3 Å². The Labute approximate surface area is 181 Å². The molecule has 1 aromatic carbocycles. The van der Waals surface area contributed by atoms with Crippen LogP contribution in [0.1, 0.15) is 44.8 Å². The minimum atomic E-state index is -3.69. The third kappa shape index (κ3) is 4.52. The van der Waals surface area contributed by atoms with Gasteiger partial charge in [-0.2, -0.15) is 0 Å². The van der Waals surface area contributed by atoms with Crippen molar-refractivity contribution in [1.82, 2.24) is 0 Å². The Morgan fingerprint density at radius 2 is 1.90 bits per heavy atom. The predicted molar refractivity (Wildman–Crippen MR) is 119 cm³/mol. The Morgan fingerprint density at radius 3 is 2.57 bits per heavy atom. The molecule has 0 atom stereocenters. The molecule has 3 rings (SSSR count). The minimum absolute atomic E-state index is 0.383. The van der Waals surface area contributed by atoms with E-state index in [2.05, 4.69) is 5.32 Å². The van der Waals surface area contributed by atoms with Gasteiger partial charge < -0.3 is 10.1 Å². The highest BCUT2D eigenvalue weighted by molar-refractivity contribution is 7.92. The van der Waals surface area contributed by atoms with Crippen LogP contribution in [0.3, 0.4) is 0 Å². The number of esters is 1. The monoisotopic (exact) mass is 450 g/mol. The first-order chi connectivity index (χ1) is 14.1. The molecule has 1 aliphatic carbocycles. The van der Waals surface area contributed by atoms with E-state index in [0.29, 0.717) is 16.3 Å². The molecular weight excluding hydrogens is 424 g/mol. The molecule has 0 bridgehead atoms. The summed E-state index contributed by atoms with van der Waals surface area (Å²) >= 11 is 1.37. The number of benzene rings is 1. The first-order valence-corrected chi connectivity index (χ1v) is 12.4. The molecule has 1 amide bonds. The third-order valence-electron chi connectivity index (χ3n) is 5.35. The number of amides is 1. The van der Waals surface area contributed by atoms with Crippen molar-refractivity contribution >= 4 is 43.9 Å². The molecule has 0 saturated heterocycles. The van der Waals surface area contributed by atoms with Crippen LogP contribution in [0.2, 0.25) is 0 Å². The summed E-state index contributed by atoms with van der Waals surface area (Å²) in [6.45, 7) is 3.33. The van der Waals surface area contributed by atoms with E-state index >= 15 is 0 Å². The molecule has 0 saturated carbocycles. The van der Waals surface area contributed by atoms with E-state index in [9.17, 15) is 18.0 Å². The first kappa shape index (κ1) is 22.3. The SMILES string of the molecule is COC(=O)c1c(NC(=O)CN(c2cccc(C)c2C)S(C)(=O)=O)sc2c1CCCC2. The average Bonchev–Trinajstić information content (AvgIpc) is 3.04. The number of sulfonamides is 1. The lowest BCUT2D eigenvalue weighted by Crippen LogP contribution is -2.38. The van der Waals surface area contributed by atoms with Crippen LogP contribution in [0.4, 0.5) is 10.7 Å². The zero-order valence-corrected chi connectivity index (χ0v) is 19.2. The summed E-state index contributed by atoms with van der Waals surface area (Å²) in [5.41, 5.74) is 3.51. The largest absolute Gasteiger partial charge is 0.465 e. The van der Waals surface area contributed by atoms with Crippen LogP contribution in [-0.4, -0.2) is 40.2 Å². The second-order valence-corrected chi connectivity index (χ2v) is 10.5. The molecule has 0 radical (unpaired) electrons. The third-order valence-corrected chi connectivity index (χ3v) is 7.68. The van der Waals surface area contributed by atoms with Crippen LogP contribution in [0.5, 0.6) is 0 Å². The van der Waals surface area contributed by atoms with Crippen LogP contribution in [0, 0.1) is 13.8 Å². The summed E-state index contributed by atoms with van der Waals surface area (Å²) < 4.78 is 30.9. The molecule has 7 nitrogen and oxygen atoms in total. The Hall–Kier alpha value is -2.39. The van der Waals surface area contributed by atoms with Crippen molar-refractivity contribution in [3.63, 3.8) is 0 Å². The summed E-state index contributed by atoms with van der Waals surface area (Å²) in [4.78, 5) is 26.3. The highest BCUT2D eigenvalue weighted by Gasteiger charge is 2.28. The van der Waals surface area contributed by atoms with Crippen LogP contribution in [0.15, 0.2) is 18.2 Å². The average molecular weight is 451 g/mol. The quantitative estimate of drug-likeness (QED) is 0.681. The number of nitrogens with zero attached hydrogens (tertiary/aromatic N) is 1. The summed E-state index contributed by atoms with van der Waals surface area (Å²) in [7, 11) is -2.38. The number of hydrogen-bond donors (Lipinski definition) is 1. The van der Waals surface area contributed by atoms with Gasteiger partial charge in [-0.1, -0.05) is 12.1 Å². The summed E-state index contributed by atoms with van der Waals surface area (Å²) in [6, 6.07) is 5.33. The fourth-order valence-electron chi connectivity index (χ4n) is 3.66. The second kappa shape index (κ2) is 8.77. The maximum absolute atomic E-state index is 12.9. The lowest BCUT2D eigenvalue weighted by molar-refractivity contribution is -0.114. The maximum atomic E-state index is 12.9. The van der Waals surface area contributed by atoms with Crippen molar-refractivity contribution in [2.75, 3.05) is 29.5 Å². The Balaban J connectivity index is 1.91. The van der Waals surface area contributed by atoms with Crippen molar-refractivity contribution in [3.8, 4) is 0 Å². The summed E-state index contributed by atoms with van der Waals surface area (Å²) in [6.07, 6.45) is 4.72. The number of fused-ring (bicyclic) bond motifs is 1. The topological polar surface area (TPSA) is 92.8 Å². The fraction of sp³-hybridized carbons (Fsp3) is 0.429. The van der Waals surface area contributed by atoms with Crippen molar-refractivity contribution in [2.24, 2.45) is 0 Å². The van der Waals surface area contributed by atoms with Gasteiger partial charge in [0, 0.05) is 4.88 Å². The number of carbonyl (C=O) groups excluding carboxylic acids is 2. The number of methoxy groups -OCH3 is 1. The van der Waals surface area contributed by atoms with Gasteiger partial charge in [0.25, 0.3) is 0 Å². The highest BCUT2D eigenvalue weighted by Crippen LogP contribution is 2.38. The van der Waals surface area contributed by atoms with Crippen LogP contribution in [-0.2, 0) is 32.4 Å². The van der Waals surface area contributed by atoms with Gasteiger partial charge in [0.15, 0.2) is 0 Å². The highest BCUT2D eigenvalue weighted by atomic mass is 32.2. The number of carbonyl (C=O) groups is 2. The van der Waals surface area contributed by atoms with Crippen LogP contribution < -0.4 is 9.62 Å². The van der Waals surface area contributed by atoms with Gasteiger partial charge in [-0.15, -0.1) is 11.3 Å². The number of rotatable bonds is 6. The van der Waals surface area contributed by atoms with Gasteiger partial charge in [0.1, 0.15) is 11.5 Å². The molecular formula is C21H26N2O5S2. The standard InChI is InChI=1S/C21H26N2O5S2/c1-13-8-7-10-16(14(13)2)23(30(4,26)27)12-18(24)22-20-19(21(25)28-3)15-9-5-6-11-17(15)29-20/h7-8,10H,5-6,9,11-12H2,1-4H3,(H,22,24). The Morgan fingerprint density at radius 1 is 1.20 bits per heavy atom. The lowest BCUT2D eigenvalue weighted by Gasteiger charge is -2.24. The van der Waals surface area contributed by atoms with Gasteiger partial charge >= 0.3 is 5.97 Å². The molecule has 1 N–H and O–H groups in total. The van der Waals surface area contributed by atoms with Crippen LogP contribution in [0.25, 0.3) is 0 Å². The molecule has 1 aromatic heterocycles. The van der Waals surface area contributed by atoms with Gasteiger partial charge in [-0.3, -0.25) is 9.10 Å². The minimum Gasteiger partial charge on any atom is -0.465 e. The molecule has 9 heteroatoms. The van der Waals surface area contributed by atoms with Gasteiger partial charge in [0.05, 0.1) is 24.6 Å². The van der Waals surface area contributed by atoms with Crippen molar-refractivity contribution in [3.05, 3.63) is 45.3 Å².